The Labute approximate surface area is 112 Å². The molecule has 0 aromatic heterocycles. The van der Waals surface area contributed by atoms with Crippen molar-refractivity contribution in [3.8, 4) is 5.75 Å². The molecule has 2 unspecified atom stereocenters. The molecular weight excluding hydrogens is 244 g/mol. The van der Waals surface area contributed by atoms with Crippen molar-refractivity contribution in [1.29, 1.82) is 0 Å². The number of Topliss-reactive ketones (excluding diaryl/α,β-unsaturated/α-hetero) is 1. The van der Waals surface area contributed by atoms with Crippen LogP contribution in [0.3, 0.4) is 0 Å². The Bertz CT molecular complexity index is 489. The zero-order chi connectivity index (χ0) is 13.8. The van der Waals surface area contributed by atoms with Crippen molar-refractivity contribution < 1.29 is 19.1 Å². The van der Waals surface area contributed by atoms with Gasteiger partial charge in [0.15, 0.2) is 0 Å². The number of hydrogen-bond donors (Lipinski definition) is 0. The molecular formula is C15H16O4. The first kappa shape index (κ1) is 13.3. The van der Waals surface area contributed by atoms with E-state index in [4.69, 9.17) is 9.47 Å². The molecule has 0 spiro atoms. The lowest BCUT2D eigenvalue weighted by Gasteiger charge is -2.06. The molecule has 0 aliphatic heterocycles. The minimum Gasteiger partial charge on any atom is -0.457 e. The monoisotopic (exact) mass is 260 g/mol. The third-order valence-corrected chi connectivity index (χ3v) is 3.21. The maximum atomic E-state index is 11.2. The summed E-state index contributed by atoms with van der Waals surface area (Å²) in [6.45, 7) is 4.79. The summed E-state index contributed by atoms with van der Waals surface area (Å²) < 4.78 is 9.96. The third-order valence-electron chi connectivity index (χ3n) is 3.21. The van der Waals surface area contributed by atoms with Gasteiger partial charge in [-0.3, -0.25) is 4.79 Å². The normalized spacial score (nSPS) is 20.5. The standard InChI is InChI=1S/C15H16O4/c1-3-15(17)19-9-18-12-6-4-11(5-7-12)14-8-13(14)10(2)16/h3-7,13-14H,1,8-9H2,2H3. The Kier molecular flexibility index (Phi) is 4.00. The molecule has 1 fully saturated rings. The van der Waals surface area contributed by atoms with Gasteiger partial charge in [0.05, 0.1) is 0 Å². The van der Waals surface area contributed by atoms with E-state index in [0.717, 1.165) is 18.1 Å². The minimum atomic E-state index is -0.515. The van der Waals surface area contributed by atoms with Gasteiger partial charge < -0.3 is 9.47 Å². The number of benzene rings is 1. The SMILES string of the molecule is C=CC(=O)OCOc1ccc(C2CC2C(C)=O)cc1. The minimum absolute atomic E-state index is 0.135. The Balaban J connectivity index is 1.84. The van der Waals surface area contributed by atoms with E-state index in [2.05, 4.69) is 6.58 Å². The molecule has 0 N–H and O–H groups in total. The van der Waals surface area contributed by atoms with Crippen LogP contribution in [0.15, 0.2) is 36.9 Å². The van der Waals surface area contributed by atoms with Crippen LogP contribution in [0.4, 0.5) is 0 Å². The Morgan fingerprint density at radius 3 is 2.58 bits per heavy atom. The highest BCUT2D eigenvalue weighted by atomic mass is 16.7. The highest BCUT2D eigenvalue weighted by Gasteiger charge is 2.41. The second-order valence-corrected chi connectivity index (χ2v) is 4.56. The van der Waals surface area contributed by atoms with Crippen LogP contribution >= 0.6 is 0 Å². The van der Waals surface area contributed by atoms with Gasteiger partial charge in [-0.2, -0.15) is 0 Å². The molecule has 1 aliphatic carbocycles. The molecule has 0 saturated heterocycles. The highest BCUT2D eigenvalue weighted by Crippen LogP contribution is 2.48. The van der Waals surface area contributed by atoms with Crippen LogP contribution < -0.4 is 4.74 Å². The van der Waals surface area contributed by atoms with Crippen LogP contribution in [0.1, 0.15) is 24.8 Å². The first-order chi connectivity index (χ1) is 9.11. The number of carbonyl (C=O) groups excluding carboxylic acids is 2. The Morgan fingerprint density at radius 1 is 1.37 bits per heavy atom. The second-order valence-electron chi connectivity index (χ2n) is 4.56. The van der Waals surface area contributed by atoms with Crippen LogP contribution in [0.25, 0.3) is 0 Å². The van der Waals surface area contributed by atoms with Gasteiger partial charge in [-0.05, 0) is 37.0 Å². The van der Waals surface area contributed by atoms with Crippen LogP contribution in [-0.2, 0) is 14.3 Å². The third kappa shape index (κ3) is 3.44. The quantitative estimate of drug-likeness (QED) is 0.448. The molecule has 1 aromatic rings. The number of rotatable bonds is 6. The fraction of sp³-hybridized carbons (Fsp3) is 0.333. The van der Waals surface area contributed by atoms with E-state index in [1.54, 1.807) is 6.92 Å². The van der Waals surface area contributed by atoms with E-state index in [1.807, 2.05) is 24.3 Å². The summed E-state index contributed by atoms with van der Waals surface area (Å²) in [6, 6.07) is 7.51. The van der Waals surface area contributed by atoms with E-state index in [1.165, 1.54) is 0 Å². The molecule has 4 heteroatoms. The van der Waals surface area contributed by atoms with Gasteiger partial charge in [0, 0.05) is 12.0 Å². The van der Waals surface area contributed by atoms with Crippen molar-refractivity contribution in [3.63, 3.8) is 0 Å². The van der Waals surface area contributed by atoms with Crippen molar-refractivity contribution in [2.45, 2.75) is 19.3 Å². The van der Waals surface area contributed by atoms with Gasteiger partial charge in [0.2, 0.25) is 6.79 Å². The van der Waals surface area contributed by atoms with Crippen LogP contribution in [-0.4, -0.2) is 18.5 Å². The molecule has 0 heterocycles. The molecule has 0 radical (unpaired) electrons. The molecule has 100 valence electrons. The molecule has 4 nitrogen and oxygen atoms in total. The summed E-state index contributed by atoms with van der Waals surface area (Å²) in [6.07, 6.45) is 2.02. The number of carbonyl (C=O) groups is 2. The summed E-state index contributed by atoms with van der Waals surface area (Å²) in [5, 5.41) is 0. The molecule has 19 heavy (non-hydrogen) atoms. The van der Waals surface area contributed by atoms with Crippen LogP contribution in [0.5, 0.6) is 5.75 Å². The maximum Gasteiger partial charge on any atom is 0.333 e. The van der Waals surface area contributed by atoms with Gasteiger partial charge in [0.25, 0.3) is 0 Å². The summed E-state index contributed by atoms with van der Waals surface area (Å²) in [7, 11) is 0. The first-order valence-corrected chi connectivity index (χ1v) is 6.14. The van der Waals surface area contributed by atoms with Crippen molar-refractivity contribution in [1.82, 2.24) is 0 Å². The average Bonchev–Trinajstić information content (AvgIpc) is 3.20. The van der Waals surface area contributed by atoms with Gasteiger partial charge in [-0.1, -0.05) is 18.7 Å². The van der Waals surface area contributed by atoms with Crippen molar-refractivity contribution in [2.75, 3.05) is 6.79 Å². The molecule has 1 aromatic carbocycles. The molecule has 1 aliphatic rings. The summed E-state index contributed by atoms with van der Waals surface area (Å²) in [5.41, 5.74) is 1.15. The summed E-state index contributed by atoms with van der Waals surface area (Å²) in [4.78, 5) is 22.0. The van der Waals surface area contributed by atoms with E-state index >= 15 is 0 Å². The topological polar surface area (TPSA) is 52.6 Å². The van der Waals surface area contributed by atoms with Gasteiger partial charge in [-0.15, -0.1) is 0 Å². The smallest absolute Gasteiger partial charge is 0.333 e. The number of hydrogen-bond acceptors (Lipinski definition) is 4. The molecule has 0 amide bonds. The van der Waals surface area contributed by atoms with Crippen molar-refractivity contribution >= 4 is 11.8 Å². The second kappa shape index (κ2) is 5.69. The van der Waals surface area contributed by atoms with Crippen LogP contribution in [0, 0.1) is 5.92 Å². The zero-order valence-electron chi connectivity index (χ0n) is 10.8. The van der Waals surface area contributed by atoms with Crippen molar-refractivity contribution in [2.24, 2.45) is 5.92 Å². The fourth-order valence-corrected chi connectivity index (χ4v) is 2.04. The predicted molar refractivity (Wildman–Crippen MR) is 69.8 cm³/mol. The average molecular weight is 260 g/mol. The van der Waals surface area contributed by atoms with Gasteiger partial charge in [0.1, 0.15) is 11.5 Å². The number of ketones is 1. The summed E-state index contributed by atoms with van der Waals surface area (Å²) in [5.74, 6) is 0.895. The van der Waals surface area contributed by atoms with E-state index in [0.29, 0.717) is 11.7 Å². The first-order valence-electron chi connectivity index (χ1n) is 6.14. The lowest BCUT2D eigenvalue weighted by molar-refractivity contribution is -0.144. The highest BCUT2D eigenvalue weighted by molar-refractivity contribution is 5.82. The van der Waals surface area contributed by atoms with E-state index < -0.39 is 5.97 Å². The van der Waals surface area contributed by atoms with Crippen molar-refractivity contribution in [3.05, 3.63) is 42.5 Å². The summed E-state index contributed by atoms with van der Waals surface area (Å²) >= 11 is 0. The number of esters is 1. The zero-order valence-corrected chi connectivity index (χ0v) is 10.8. The maximum absolute atomic E-state index is 11.2. The van der Waals surface area contributed by atoms with Gasteiger partial charge in [-0.25, -0.2) is 4.79 Å². The molecule has 2 rings (SSSR count). The van der Waals surface area contributed by atoms with Crippen LogP contribution in [0.2, 0.25) is 0 Å². The van der Waals surface area contributed by atoms with E-state index in [9.17, 15) is 9.59 Å². The Hall–Kier alpha value is -2.10. The molecule has 2 atom stereocenters. The molecule has 1 saturated carbocycles. The number of ether oxygens (including phenoxy) is 2. The lowest BCUT2D eigenvalue weighted by Crippen LogP contribution is -2.07. The molecule has 0 bridgehead atoms. The predicted octanol–water partition coefficient (Wildman–Crippen LogP) is 2.44. The van der Waals surface area contributed by atoms with Gasteiger partial charge >= 0.3 is 5.97 Å². The largest absolute Gasteiger partial charge is 0.457 e. The fourth-order valence-electron chi connectivity index (χ4n) is 2.04. The lowest BCUT2D eigenvalue weighted by atomic mass is 10.1. The Morgan fingerprint density at radius 2 is 2.05 bits per heavy atom. The van der Waals surface area contributed by atoms with E-state index in [-0.39, 0.29) is 18.5 Å².